The summed E-state index contributed by atoms with van der Waals surface area (Å²) in [6.45, 7) is 5.38. The molecule has 1 fully saturated rings. The molecule has 1 rings (SSSR count). The maximum atomic E-state index is 11.3. The molecule has 0 bridgehead atoms. The van der Waals surface area contributed by atoms with Crippen molar-refractivity contribution in [3.05, 3.63) is 0 Å². The summed E-state index contributed by atoms with van der Waals surface area (Å²) in [5.74, 6) is 0. The highest BCUT2D eigenvalue weighted by Gasteiger charge is 2.21. The molecule has 0 atom stereocenters. The van der Waals surface area contributed by atoms with E-state index in [-0.39, 0.29) is 18.2 Å². The van der Waals surface area contributed by atoms with Crippen LogP contribution in [0, 0.1) is 0 Å². The van der Waals surface area contributed by atoms with Gasteiger partial charge >= 0.3 is 6.09 Å². The molecule has 0 aromatic heterocycles. The van der Waals surface area contributed by atoms with Gasteiger partial charge < -0.3 is 15.2 Å². The van der Waals surface area contributed by atoms with E-state index in [1.54, 1.807) is 0 Å². The summed E-state index contributed by atoms with van der Waals surface area (Å²) in [6, 6.07) is 0.342. The maximum Gasteiger partial charge on any atom is 0.407 e. The Labute approximate surface area is 96.2 Å². The number of rotatable bonds is 1. The second-order valence-corrected chi connectivity index (χ2v) is 4.73. The normalized spacial score (nSPS) is 15.9. The van der Waals surface area contributed by atoms with Crippen LogP contribution in [0.2, 0.25) is 0 Å². The van der Waals surface area contributed by atoms with E-state index in [9.17, 15) is 4.79 Å². The van der Waals surface area contributed by atoms with Gasteiger partial charge in [0.05, 0.1) is 0 Å². The van der Waals surface area contributed by atoms with E-state index >= 15 is 0 Å². The molecule has 0 unspecified atom stereocenters. The molecule has 5 nitrogen and oxygen atoms in total. The van der Waals surface area contributed by atoms with Crippen LogP contribution in [0.5, 0.6) is 0 Å². The van der Waals surface area contributed by atoms with Crippen LogP contribution in [-0.4, -0.2) is 29.3 Å². The van der Waals surface area contributed by atoms with Crippen molar-refractivity contribution < 1.29 is 19.4 Å². The van der Waals surface area contributed by atoms with Gasteiger partial charge in [0.1, 0.15) is 5.60 Å². The number of ether oxygens (including phenoxy) is 1. The molecular weight excluding hydrogens is 210 g/mol. The van der Waals surface area contributed by atoms with E-state index in [0.717, 1.165) is 12.8 Å². The third-order valence-electron chi connectivity index (χ3n) is 2.08. The number of amides is 1. The lowest BCUT2D eigenvalue weighted by molar-refractivity contribution is -0.122. The smallest absolute Gasteiger partial charge is 0.407 e. The summed E-state index contributed by atoms with van der Waals surface area (Å²) >= 11 is 0. The van der Waals surface area contributed by atoms with Crippen molar-refractivity contribution in [2.75, 3.05) is 0 Å². The van der Waals surface area contributed by atoms with Crippen LogP contribution in [0.3, 0.4) is 0 Å². The molecule has 2 N–H and O–H groups in total. The summed E-state index contributed by atoms with van der Waals surface area (Å²) in [7, 11) is 0. The molecule has 0 heterocycles. The molecule has 1 amide bonds. The van der Waals surface area contributed by atoms with Gasteiger partial charge in [-0.2, -0.15) is 0 Å². The summed E-state index contributed by atoms with van der Waals surface area (Å²) in [5.41, 5.74) is -0.386. The summed E-state index contributed by atoms with van der Waals surface area (Å²) in [4.78, 5) is 19.6. The number of hydrogen-bond acceptors (Lipinski definition) is 3. The molecule has 16 heavy (non-hydrogen) atoms. The number of carbonyl (C=O) groups excluding carboxylic acids is 1. The van der Waals surface area contributed by atoms with Crippen molar-refractivity contribution >= 4 is 12.6 Å². The molecule has 0 radical (unpaired) electrons. The Morgan fingerprint density at radius 1 is 1.38 bits per heavy atom. The predicted molar refractivity (Wildman–Crippen MR) is 60.3 cm³/mol. The second-order valence-electron chi connectivity index (χ2n) is 4.73. The first-order valence-corrected chi connectivity index (χ1v) is 5.46. The van der Waals surface area contributed by atoms with Crippen molar-refractivity contribution in [2.24, 2.45) is 0 Å². The molecule has 1 saturated carbocycles. The molecule has 0 spiro atoms. The van der Waals surface area contributed by atoms with Gasteiger partial charge in [0.2, 0.25) is 0 Å². The van der Waals surface area contributed by atoms with Crippen molar-refractivity contribution in [3.63, 3.8) is 0 Å². The van der Waals surface area contributed by atoms with Crippen LogP contribution >= 0.6 is 0 Å². The van der Waals surface area contributed by atoms with Crippen LogP contribution in [0.15, 0.2) is 0 Å². The lowest BCUT2D eigenvalue weighted by atomic mass is 10.2. The van der Waals surface area contributed by atoms with Gasteiger partial charge in [-0.05, 0) is 33.6 Å². The van der Waals surface area contributed by atoms with Gasteiger partial charge in [0, 0.05) is 6.04 Å². The highest BCUT2D eigenvalue weighted by atomic mass is 16.6. The molecule has 0 aromatic rings. The van der Waals surface area contributed by atoms with Gasteiger partial charge in [-0.3, -0.25) is 4.79 Å². The number of carbonyl (C=O) groups is 2. The third kappa shape index (κ3) is 8.08. The highest BCUT2D eigenvalue weighted by molar-refractivity contribution is 5.68. The van der Waals surface area contributed by atoms with Gasteiger partial charge in [-0.15, -0.1) is 0 Å². The zero-order valence-electron chi connectivity index (χ0n) is 10.2. The second kappa shape index (κ2) is 7.09. The Morgan fingerprint density at radius 3 is 2.19 bits per heavy atom. The number of alkyl carbamates (subject to hydrolysis) is 1. The van der Waals surface area contributed by atoms with Crippen LogP contribution in [0.4, 0.5) is 4.79 Å². The average Bonchev–Trinajstić information content (AvgIpc) is 2.54. The van der Waals surface area contributed by atoms with E-state index in [2.05, 4.69) is 5.32 Å². The summed E-state index contributed by atoms with van der Waals surface area (Å²) in [6.07, 6.45) is 4.36. The molecule has 5 heteroatoms. The van der Waals surface area contributed by atoms with Crippen LogP contribution in [0.1, 0.15) is 46.5 Å². The zero-order chi connectivity index (χ0) is 12.6. The molecule has 0 aromatic carbocycles. The summed E-state index contributed by atoms with van der Waals surface area (Å²) < 4.78 is 5.15. The van der Waals surface area contributed by atoms with Crippen LogP contribution in [-0.2, 0) is 9.53 Å². The minimum Gasteiger partial charge on any atom is -0.483 e. The third-order valence-corrected chi connectivity index (χ3v) is 2.08. The van der Waals surface area contributed by atoms with E-state index < -0.39 is 0 Å². The fraction of sp³-hybridized carbons (Fsp3) is 0.818. The molecule has 1 aliphatic carbocycles. The first-order chi connectivity index (χ1) is 7.39. The molecular formula is C11H21NO4. The predicted octanol–water partition coefficient (Wildman–Crippen LogP) is 2.15. The quantitative estimate of drug-likeness (QED) is 0.678. The van der Waals surface area contributed by atoms with Gasteiger partial charge in [-0.1, -0.05) is 12.8 Å². The van der Waals surface area contributed by atoms with Gasteiger partial charge in [-0.25, -0.2) is 4.79 Å². The first-order valence-electron chi connectivity index (χ1n) is 5.46. The topological polar surface area (TPSA) is 75.6 Å². The molecule has 94 valence electrons. The van der Waals surface area contributed by atoms with Crippen molar-refractivity contribution in [2.45, 2.75) is 58.1 Å². The SMILES string of the molecule is CC(C)(C)OC(=O)NC1CCCC1.O=CO. The van der Waals surface area contributed by atoms with Crippen molar-refractivity contribution in [3.8, 4) is 0 Å². The first kappa shape index (κ1) is 14.7. The maximum absolute atomic E-state index is 11.3. The van der Waals surface area contributed by atoms with Gasteiger partial charge in [0.25, 0.3) is 6.47 Å². The minimum absolute atomic E-state index is 0.250. The number of hydrogen-bond donors (Lipinski definition) is 2. The Hall–Kier alpha value is -1.26. The Morgan fingerprint density at radius 2 is 1.81 bits per heavy atom. The lowest BCUT2D eigenvalue weighted by Crippen LogP contribution is -2.37. The summed E-state index contributed by atoms with van der Waals surface area (Å²) in [5, 5.41) is 9.76. The average molecular weight is 231 g/mol. The van der Waals surface area contributed by atoms with E-state index in [1.165, 1.54) is 12.8 Å². The van der Waals surface area contributed by atoms with Crippen LogP contribution in [0.25, 0.3) is 0 Å². The molecule has 1 aliphatic rings. The largest absolute Gasteiger partial charge is 0.483 e. The Balaban J connectivity index is 0.000000673. The zero-order valence-corrected chi connectivity index (χ0v) is 10.2. The monoisotopic (exact) mass is 231 g/mol. The van der Waals surface area contributed by atoms with E-state index in [1.807, 2.05) is 20.8 Å². The number of carboxylic acid groups (broad SMARTS) is 1. The molecule has 0 saturated heterocycles. The fourth-order valence-electron chi connectivity index (χ4n) is 1.54. The Bertz CT molecular complexity index is 217. The number of nitrogens with one attached hydrogen (secondary N) is 1. The highest BCUT2D eigenvalue weighted by Crippen LogP contribution is 2.18. The molecule has 0 aliphatic heterocycles. The Kier molecular flexibility index (Phi) is 6.53. The minimum atomic E-state index is -0.386. The fourth-order valence-corrected chi connectivity index (χ4v) is 1.54. The lowest BCUT2D eigenvalue weighted by Gasteiger charge is -2.21. The van der Waals surface area contributed by atoms with E-state index in [4.69, 9.17) is 14.6 Å². The van der Waals surface area contributed by atoms with Crippen molar-refractivity contribution in [1.29, 1.82) is 0 Å². The standard InChI is InChI=1S/C10H19NO2.CH2O2/c1-10(2,3)13-9(12)11-8-6-4-5-7-8;2-1-3/h8H,4-7H2,1-3H3,(H,11,12);1H,(H,2,3). The van der Waals surface area contributed by atoms with Crippen LogP contribution < -0.4 is 5.32 Å². The van der Waals surface area contributed by atoms with Gasteiger partial charge in [0.15, 0.2) is 0 Å². The van der Waals surface area contributed by atoms with E-state index in [0.29, 0.717) is 6.04 Å². The van der Waals surface area contributed by atoms with Crippen molar-refractivity contribution in [1.82, 2.24) is 5.32 Å².